The summed E-state index contributed by atoms with van der Waals surface area (Å²) in [6.45, 7) is 3.10. The van der Waals surface area contributed by atoms with Crippen molar-refractivity contribution in [1.82, 2.24) is 5.32 Å². The summed E-state index contributed by atoms with van der Waals surface area (Å²) in [7, 11) is 0. The molecule has 1 aliphatic carbocycles. The van der Waals surface area contributed by atoms with Crippen molar-refractivity contribution in [2.24, 2.45) is 16.8 Å². The topological polar surface area (TPSA) is 90.9 Å². The second-order valence-electron chi connectivity index (χ2n) is 5.20. The Kier molecular flexibility index (Phi) is 5.71. The van der Waals surface area contributed by atoms with Crippen LogP contribution >= 0.6 is 0 Å². The maximum atomic E-state index is 10.4. The smallest absolute Gasteiger partial charge is 0.143 e. The van der Waals surface area contributed by atoms with Gasteiger partial charge in [0.15, 0.2) is 0 Å². The summed E-state index contributed by atoms with van der Waals surface area (Å²) in [6, 6.07) is 0. The molecule has 1 saturated carbocycles. The molecule has 1 aliphatic rings. The number of nitrogens with two attached hydrogens (primary N) is 1. The van der Waals surface area contributed by atoms with E-state index in [9.17, 15) is 5.11 Å². The lowest BCUT2D eigenvalue weighted by atomic mass is 9.94. The predicted octanol–water partition coefficient (Wildman–Crippen LogP) is 1.04. The lowest BCUT2D eigenvalue weighted by Crippen LogP contribution is -2.43. The average molecular weight is 243 g/mol. The Labute approximate surface area is 103 Å². The standard InChI is InChI=1S/C12H25N3O2/c1-10(11(13)15-17)8-14-9-12(16)6-4-2-3-5-7-12/h10,14,16-17H,2-9H2,1H3,(H2,13,15). The highest BCUT2D eigenvalue weighted by molar-refractivity contribution is 5.82. The Balaban J connectivity index is 2.29. The highest BCUT2D eigenvalue weighted by atomic mass is 16.4. The third-order valence-corrected chi connectivity index (χ3v) is 3.56. The van der Waals surface area contributed by atoms with Crippen LogP contribution in [-0.4, -0.2) is 34.8 Å². The summed E-state index contributed by atoms with van der Waals surface area (Å²) in [4.78, 5) is 0. The molecule has 1 atom stereocenters. The number of aliphatic hydroxyl groups is 1. The zero-order valence-corrected chi connectivity index (χ0v) is 10.7. The third kappa shape index (κ3) is 4.91. The Hall–Kier alpha value is -0.810. The molecule has 0 bridgehead atoms. The van der Waals surface area contributed by atoms with E-state index in [1.165, 1.54) is 12.8 Å². The molecule has 0 aromatic heterocycles. The van der Waals surface area contributed by atoms with Crippen LogP contribution in [-0.2, 0) is 0 Å². The van der Waals surface area contributed by atoms with Crippen LogP contribution in [0, 0.1) is 5.92 Å². The molecule has 1 unspecified atom stereocenters. The van der Waals surface area contributed by atoms with Gasteiger partial charge in [0.2, 0.25) is 0 Å². The minimum Gasteiger partial charge on any atom is -0.409 e. The molecule has 0 aromatic carbocycles. The van der Waals surface area contributed by atoms with E-state index >= 15 is 0 Å². The van der Waals surface area contributed by atoms with E-state index in [0.29, 0.717) is 13.1 Å². The van der Waals surface area contributed by atoms with Gasteiger partial charge < -0.3 is 21.4 Å². The van der Waals surface area contributed by atoms with E-state index in [-0.39, 0.29) is 11.8 Å². The number of oxime groups is 1. The summed E-state index contributed by atoms with van der Waals surface area (Å²) in [5.74, 6) is 0.208. The molecule has 0 radical (unpaired) electrons. The number of nitrogens with zero attached hydrogens (tertiary/aromatic N) is 1. The first-order valence-electron chi connectivity index (χ1n) is 6.48. The minimum absolute atomic E-state index is 0.0191. The Bertz CT molecular complexity index is 248. The van der Waals surface area contributed by atoms with Crippen LogP contribution in [0.25, 0.3) is 0 Å². The van der Waals surface area contributed by atoms with Crippen molar-refractivity contribution in [1.29, 1.82) is 0 Å². The molecule has 0 spiro atoms. The molecule has 0 amide bonds. The van der Waals surface area contributed by atoms with Gasteiger partial charge in [0, 0.05) is 19.0 Å². The van der Waals surface area contributed by atoms with Crippen molar-refractivity contribution in [3.8, 4) is 0 Å². The maximum Gasteiger partial charge on any atom is 0.143 e. The van der Waals surface area contributed by atoms with Gasteiger partial charge in [-0.2, -0.15) is 0 Å². The van der Waals surface area contributed by atoms with E-state index in [1.807, 2.05) is 6.92 Å². The molecule has 1 rings (SSSR count). The van der Waals surface area contributed by atoms with Crippen LogP contribution in [0.3, 0.4) is 0 Å². The molecule has 17 heavy (non-hydrogen) atoms. The summed E-state index contributed by atoms with van der Waals surface area (Å²) < 4.78 is 0. The number of nitrogens with one attached hydrogen (secondary N) is 1. The van der Waals surface area contributed by atoms with E-state index in [2.05, 4.69) is 10.5 Å². The van der Waals surface area contributed by atoms with Gasteiger partial charge in [-0.15, -0.1) is 0 Å². The fraction of sp³-hybridized carbons (Fsp3) is 0.917. The fourth-order valence-corrected chi connectivity index (χ4v) is 2.29. The van der Waals surface area contributed by atoms with Crippen LogP contribution in [0.1, 0.15) is 45.4 Å². The first-order chi connectivity index (χ1) is 8.07. The fourth-order valence-electron chi connectivity index (χ4n) is 2.29. The largest absolute Gasteiger partial charge is 0.409 e. The lowest BCUT2D eigenvalue weighted by Gasteiger charge is -2.27. The summed E-state index contributed by atoms with van der Waals surface area (Å²) in [5, 5.41) is 25.1. The predicted molar refractivity (Wildman–Crippen MR) is 68.1 cm³/mol. The van der Waals surface area contributed by atoms with Gasteiger partial charge >= 0.3 is 0 Å². The summed E-state index contributed by atoms with van der Waals surface area (Å²) >= 11 is 0. The van der Waals surface area contributed by atoms with Crippen LogP contribution in [0.15, 0.2) is 5.16 Å². The highest BCUT2D eigenvalue weighted by Crippen LogP contribution is 2.26. The van der Waals surface area contributed by atoms with Gasteiger partial charge in [-0.1, -0.05) is 37.8 Å². The molecular formula is C12H25N3O2. The molecule has 5 N–H and O–H groups in total. The van der Waals surface area contributed by atoms with Gasteiger partial charge in [-0.05, 0) is 12.8 Å². The van der Waals surface area contributed by atoms with Crippen molar-refractivity contribution in [3.63, 3.8) is 0 Å². The number of amidine groups is 1. The Morgan fingerprint density at radius 2 is 1.94 bits per heavy atom. The van der Waals surface area contributed by atoms with Crippen LogP contribution in [0.4, 0.5) is 0 Å². The van der Waals surface area contributed by atoms with Crippen molar-refractivity contribution < 1.29 is 10.3 Å². The van der Waals surface area contributed by atoms with E-state index in [1.54, 1.807) is 0 Å². The molecule has 0 aromatic rings. The van der Waals surface area contributed by atoms with Crippen molar-refractivity contribution in [2.75, 3.05) is 13.1 Å². The summed E-state index contributed by atoms with van der Waals surface area (Å²) in [6.07, 6.45) is 6.41. The van der Waals surface area contributed by atoms with Gasteiger partial charge in [0.05, 0.1) is 5.60 Å². The quantitative estimate of drug-likeness (QED) is 0.191. The molecule has 5 heteroatoms. The lowest BCUT2D eigenvalue weighted by molar-refractivity contribution is 0.0251. The average Bonchev–Trinajstić information content (AvgIpc) is 2.53. The second-order valence-corrected chi connectivity index (χ2v) is 5.20. The van der Waals surface area contributed by atoms with Crippen LogP contribution in [0.2, 0.25) is 0 Å². The molecule has 100 valence electrons. The number of rotatable bonds is 5. The van der Waals surface area contributed by atoms with Gasteiger partial charge in [-0.3, -0.25) is 0 Å². The maximum absolute atomic E-state index is 10.4. The molecule has 5 nitrogen and oxygen atoms in total. The molecule has 0 saturated heterocycles. The van der Waals surface area contributed by atoms with E-state index in [4.69, 9.17) is 10.9 Å². The zero-order chi connectivity index (χ0) is 12.7. The first kappa shape index (κ1) is 14.3. The molecule has 0 aliphatic heterocycles. The Morgan fingerprint density at radius 3 is 2.47 bits per heavy atom. The van der Waals surface area contributed by atoms with Gasteiger partial charge in [-0.25, -0.2) is 0 Å². The molecule has 1 fully saturated rings. The van der Waals surface area contributed by atoms with Crippen LogP contribution < -0.4 is 11.1 Å². The Morgan fingerprint density at radius 1 is 1.35 bits per heavy atom. The van der Waals surface area contributed by atoms with Gasteiger partial charge in [0.1, 0.15) is 5.84 Å². The normalized spacial score (nSPS) is 23.1. The first-order valence-corrected chi connectivity index (χ1v) is 6.48. The number of hydrogen-bond acceptors (Lipinski definition) is 4. The number of hydrogen-bond donors (Lipinski definition) is 4. The van der Waals surface area contributed by atoms with Crippen molar-refractivity contribution in [3.05, 3.63) is 0 Å². The SMILES string of the molecule is CC(CNCC1(O)CCCCCC1)C(N)=NO. The van der Waals surface area contributed by atoms with E-state index in [0.717, 1.165) is 25.7 Å². The van der Waals surface area contributed by atoms with Gasteiger partial charge in [0.25, 0.3) is 0 Å². The molecule has 0 heterocycles. The molecular weight excluding hydrogens is 218 g/mol. The van der Waals surface area contributed by atoms with Crippen molar-refractivity contribution >= 4 is 5.84 Å². The highest BCUT2D eigenvalue weighted by Gasteiger charge is 2.27. The zero-order valence-electron chi connectivity index (χ0n) is 10.7. The monoisotopic (exact) mass is 243 g/mol. The second kappa shape index (κ2) is 6.81. The van der Waals surface area contributed by atoms with Crippen molar-refractivity contribution in [2.45, 2.75) is 51.0 Å². The van der Waals surface area contributed by atoms with E-state index < -0.39 is 5.60 Å². The third-order valence-electron chi connectivity index (χ3n) is 3.56. The minimum atomic E-state index is -0.568. The van der Waals surface area contributed by atoms with Crippen LogP contribution in [0.5, 0.6) is 0 Å². The summed E-state index contributed by atoms with van der Waals surface area (Å²) in [5.41, 5.74) is 4.92.